The zero-order valence-corrected chi connectivity index (χ0v) is 15.8. The largest absolute Gasteiger partial charge is 0.334 e. The number of carbonyl (C=O) groups excluding carboxylic acids is 2. The lowest BCUT2D eigenvalue weighted by atomic mass is 10.2. The monoisotopic (exact) mass is 388 g/mol. The summed E-state index contributed by atoms with van der Waals surface area (Å²) in [5.74, 6) is -1.46. The van der Waals surface area contributed by atoms with Gasteiger partial charge in [-0.25, -0.2) is 13.1 Å². The number of fused-ring (bicyclic) bond motifs is 1. The van der Waals surface area contributed by atoms with Crippen molar-refractivity contribution in [3.05, 3.63) is 41.1 Å². The maximum absolute atomic E-state index is 12.5. The number of aromatic nitrogens is 2. The molecule has 1 aromatic heterocycles. The lowest BCUT2D eigenvalue weighted by Crippen LogP contribution is -2.38. The fourth-order valence-corrected chi connectivity index (χ4v) is 4.96. The van der Waals surface area contributed by atoms with E-state index in [1.807, 2.05) is 31.2 Å². The van der Waals surface area contributed by atoms with E-state index in [-0.39, 0.29) is 17.3 Å². The number of anilines is 1. The predicted molar refractivity (Wildman–Crippen MR) is 99.1 cm³/mol. The van der Waals surface area contributed by atoms with Crippen LogP contribution in [0.1, 0.15) is 29.7 Å². The minimum absolute atomic E-state index is 0.163. The van der Waals surface area contributed by atoms with Gasteiger partial charge < -0.3 is 10.2 Å². The molecule has 0 bridgehead atoms. The minimum Gasteiger partial charge on any atom is -0.334 e. The SMILES string of the molecule is Cc1ccc(-n2nc3c(c2NC(=O)C(=O)N2CCCC2)CS(=O)(=O)C3)cc1. The Hall–Kier alpha value is -2.68. The number of hydrogen-bond acceptors (Lipinski definition) is 5. The third kappa shape index (κ3) is 3.34. The third-order valence-corrected chi connectivity index (χ3v) is 6.33. The van der Waals surface area contributed by atoms with Crippen molar-refractivity contribution in [2.75, 3.05) is 18.4 Å². The highest BCUT2D eigenvalue weighted by Gasteiger charge is 2.34. The van der Waals surface area contributed by atoms with Crippen molar-refractivity contribution in [2.45, 2.75) is 31.3 Å². The fourth-order valence-electron chi connectivity index (χ4n) is 3.47. The van der Waals surface area contributed by atoms with E-state index >= 15 is 0 Å². The number of hydrogen-bond donors (Lipinski definition) is 1. The molecule has 27 heavy (non-hydrogen) atoms. The molecule has 1 aromatic carbocycles. The van der Waals surface area contributed by atoms with Crippen molar-refractivity contribution in [3.63, 3.8) is 0 Å². The Labute approximate surface area is 157 Å². The standard InChI is InChI=1S/C18H20N4O4S/c1-12-4-6-13(7-5-12)22-16(14-10-27(25,26)11-15(14)20-22)19-17(23)18(24)21-8-2-3-9-21/h4-7H,2-3,8-11H2,1H3,(H,19,23). The molecule has 9 heteroatoms. The molecule has 0 aliphatic carbocycles. The Morgan fingerprint density at radius 3 is 2.41 bits per heavy atom. The first-order valence-corrected chi connectivity index (χ1v) is 10.6. The summed E-state index contributed by atoms with van der Waals surface area (Å²) in [7, 11) is -3.28. The summed E-state index contributed by atoms with van der Waals surface area (Å²) < 4.78 is 25.5. The molecule has 0 radical (unpaired) electrons. The van der Waals surface area contributed by atoms with Gasteiger partial charge in [-0.05, 0) is 31.9 Å². The summed E-state index contributed by atoms with van der Waals surface area (Å²) in [6.07, 6.45) is 1.77. The van der Waals surface area contributed by atoms with Crippen LogP contribution in [0.5, 0.6) is 0 Å². The van der Waals surface area contributed by atoms with Crippen molar-refractivity contribution >= 4 is 27.5 Å². The molecule has 142 valence electrons. The highest BCUT2D eigenvalue weighted by Crippen LogP contribution is 2.33. The molecule has 2 aliphatic heterocycles. The van der Waals surface area contributed by atoms with Crippen LogP contribution < -0.4 is 5.32 Å². The zero-order chi connectivity index (χ0) is 19.2. The predicted octanol–water partition coefficient (Wildman–Crippen LogP) is 1.17. The molecular weight excluding hydrogens is 368 g/mol. The van der Waals surface area contributed by atoms with E-state index in [1.54, 1.807) is 0 Å². The van der Waals surface area contributed by atoms with Gasteiger partial charge >= 0.3 is 11.8 Å². The van der Waals surface area contributed by atoms with Gasteiger partial charge in [0.25, 0.3) is 0 Å². The summed E-state index contributed by atoms with van der Waals surface area (Å²) in [6.45, 7) is 3.09. The van der Waals surface area contributed by atoms with Crippen molar-refractivity contribution in [1.82, 2.24) is 14.7 Å². The molecule has 2 amide bonds. The first-order valence-electron chi connectivity index (χ1n) is 8.82. The van der Waals surface area contributed by atoms with Crippen LogP contribution in [0.4, 0.5) is 5.82 Å². The first kappa shape index (κ1) is 17.7. The highest BCUT2D eigenvalue weighted by atomic mass is 32.2. The quantitative estimate of drug-likeness (QED) is 0.778. The average molecular weight is 388 g/mol. The van der Waals surface area contributed by atoms with Gasteiger partial charge in [-0.2, -0.15) is 5.10 Å². The number of nitrogens with zero attached hydrogens (tertiary/aromatic N) is 3. The Kier molecular flexibility index (Phi) is 4.26. The van der Waals surface area contributed by atoms with E-state index in [0.717, 1.165) is 18.4 Å². The van der Waals surface area contributed by atoms with Gasteiger partial charge in [-0.1, -0.05) is 17.7 Å². The Morgan fingerprint density at radius 1 is 1.07 bits per heavy atom. The number of nitrogens with one attached hydrogen (secondary N) is 1. The molecule has 2 aromatic rings. The van der Waals surface area contributed by atoms with Crippen LogP contribution in [0, 0.1) is 6.92 Å². The normalized spacial score (nSPS) is 17.7. The van der Waals surface area contributed by atoms with Crippen LogP contribution in [-0.4, -0.2) is 48.0 Å². The van der Waals surface area contributed by atoms with Gasteiger partial charge in [0, 0.05) is 18.7 Å². The summed E-state index contributed by atoms with van der Waals surface area (Å²) in [5.41, 5.74) is 2.63. The van der Waals surface area contributed by atoms with Gasteiger partial charge in [0.2, 0.25) is 0 Å². The Balaban J connectivity index is 1.70. The minimum atomic E-state index is -3.28. The molecular formula is C18H20N4O4S. The maximum Gasteiger partial charge on any atom is 0.315 e. The second-order valence-electron chi connectivity index (χ2n) is 7.01. The van der Waals surface area contributed by atoms with Crippen LogP contribution in [-0.2, 0) is 30.9 Å². The fraction of sp³-hybridized carbons (Fsp3) is 0.389. The molecule has 3 heterocycles. The lowest BCUT2D eigenvalue weighted by molar-refractivity contribution is -0.142. The first-order chi connectivity index (χ1) is 12.8. The summed E-state index contributed by atoms with van der Waals surface area (Å²) in [5, 5.41) is 7.02. The van der Waals surface area contributed by atoms with Crippen molar-refractivity contribution in [1.29, 1.82) is 0 Å². The van der Waals surface area contributed by atoms with Gasteiger partial charge in [0.1, 0.15) is 5.82 Å². The van der Waals surface area contributed by atoms with E-state index in [0.29, 0.717) is 30.0 Å². The van der Waals surface area contributed by atoms with E-state index < -0.39 is 21.7 Å². The van der Waals surface area contributed by atoms with E-state index in [9.17, 15) is 18.0 Å². The molecule has 1 fully saturated rings. The van der Waals surface area contributed by atoms with E-state index in [2.05, 4.69) is 10.4 Å². The number of sulfone groups is 1. The summed E-state index contributed by atoms with van der Waals surface area (Å²) in [4.78, 5) is 26.4. The van der Waals surface area contributed by atoms with Crippen LogP contribution >= 0.6 is 0 Å². The van der Waals surface area contributed by atoms with Gasteiger partial charge in [0.05, 0.1) is 22.9 Å². The van der Waals surface area contributed by atoms with Crippen molar-refractivity contribution in [2.24, 2.45) is 0 Å². The number of likely N-dealkylation sites (tertiary alicyclic amines) is 1. The number of benzene rings is 1. The maximum atomic E-state index is 12.5. The Morgan fingerprint density at radius 2 is 1.74 bits per heavy atom. The smallest absolute Gasteiger partial charge is 0.315 e. The van der Waals surface area contributed by atoms with Crippen LogP contribution in [0.25, 0.3) is 5.69 Å². The van der Waals surface area contributed by atoms with Gasteiger partial charge in [-0.15, -0.1) is 0 Å². The summed E-state index contributed by atoms with van der Waals surface area (Å²) >= 11 is 0. The topological polar surface area (TPSA) is 101 Å². The lowest BCUT2D eigenvalue weighted by Gasteiger charge is -2.16. The molecule has 8 nitrogen and oxygen atoms in total. The Bertz CT molecular complexity index is 1020. The van der Waals surface area contributed by atoms with Gasteiger partial charge in [0.15, 0.2) is 9.84 Å². The van der Waals surface area contributed by atoms with Crippen LogP contribution in [0.3, 0.4) is 0 Å². The highest BCUT2D eigenvalue weighted by molar-refractivity contribution is 7.90. The molecule has 0 atom stereocenters. The number of rotatable bonds is 2. The molecule has 0 unspecified atom stereocenters. The number of amides is 2. The number of aryl methyl sites for hydroxylation is 1. The third-order valence-electron chi connectivity index (χ3n) is 4.89. The molecule has 4 rings (SSSR count). The zero-order valence-electron chi connectivity index (χ0n) is 14.9. The molecule has 1 N–H and O–H groups in total. The molecule has 0 spiro atoms. The van der Waals surface area contributed by atoms with Gasteiger partial charge in [-0.3, -0.25) is 9.59 Å². The van der Waals surface area contributed by atoms with Crippen LogP contribution in [0.2, 0.25) is 0 Å². The van der Waals surface area contributed by atoms with E-state index in [1.165, 1.54) is 9.58 Å². The molecule has 1 saturated heterocycles. The second kappa shape index (κ2) is 6.49. The average Bonchev–Trinajstić information content (AvgIpc) is 3.31. The second-order valence-corrected chi connectivity index (χ2v) is 9.07. The van der Waals surface area contributed by atoms with Crippen molar-refractivity contribution < 1.29 is 18.0 Å². The molecule has 2 aliphatic rings. The summed E-state index contributed by atoms with van der Waals surface area (Å²) in [6, 6.07) is 7.48. The van der Waals surface area contributed by atoms with Crippen molar-refractivity contribution in [3.8, 4) is 5.69 Å². The van der Waals surface area contributed by atoms with E-state index in [4.69, 9.17) is 0 Å². The number of carbonyl (C=O) groups is 2. The van der Waals surface area contributed by atoms with Crippen LogP contribution in [0.15, 0.2) is 24.3 Å². The molecule has 0 saturated carbocycles.